The van der Waals surface area contributed by atoms with Gasteiger partial charge in [-0.3, -0.25) is 14.6 Å². The molecule has 2 heterocycles. The maximum absolute atomic E-state index is 13.3. The molecule has 4 aromatic rings. The van der Waals surface area contributed by atoms with Gasteiger partial charge in [0, 0.05) is 42.3 Å². The van der Waals surface area contributed by atoms with Gasteiger partial charge in [-0.15, -0.1) is 0 Å². The number of para-hydroxylation sites is 1. The molecular formula is C26H20FN3O4. The molecule has 0 aliphatic carbocycles. The zero-order valence-electron chi connectivity index (χ0n) is 18.0. The van der Waals surface area contributed by atoms with Crippen LogP contribution in [0.3, 0.4) is 0 Å². The fourth-order valence-electron chi connectivity index (χ4n) is 4.28. The van der Waals surface area contributed by atoms with E-state index in [0.717, 1.165) is 5.56 Å². The van der Waals surface area contributed by atoms with Crippen molar-refractivity contribution in [1.82, 2.24) is 15.2 Å². The third kappa shape index (κ3) is 3.69. The summed E-state index contributed by atoms with van der Waals surface area (Å²) >= 11 is 0. The molecule has 5 rings (SSSR count). The van der Waals surface area contributed by atoms with E-state index in [1.807, 2.05) is 0 Å². The van der Waals surface area contributed by atoms with Crippen LogP contribution in [0.2, 0.25) is 0 Å². The van der Waals surface area contributed by atoms with E-state index in [4.69, 9.17) is 0 Å². The van der Waals surface area contributed by atoms with Crippen LogP contribution in [0.15, 0.2) is 66.9 Å². The van der Waals surface area contributed by atoms with Crippen LogP contribution in [-0.2, 0) is 19.6 Å². The number of rotatable bonds is 5. The van der Waals surface area contributed by atoms with Gasteiger partial charge in [0.15, 0.2) is 5.75 Å². The normalized spacial score (nSPS) is 12.7. The van der Waals surface area contributed by atoms with Crippen molar-refractivity contribution in [1.29, 1.82) is 0 Å². The molecule has 34 heavy (non-hydrogen) atoms. The van der Waals surface area contributed by atoms with Crippen LogP contribution in [0.5, 0.6) is 11.5 Å². The Morgan fingerprint density at radius 1 is 1.06 bits per heavy atom. The number of pyridine rings is 1. The molecule has 0 atom stereocenters. The number of aromatic hydroxyl groups is 2. The number of nitrogens with one attached hydrogen (secondary N) is 1. The number of benzene rings is 3. The van der Waals surface area contributed by atoms with Crippen LogP contribution < -0.4 is 5.32 Å². The number of amides is 2. The first-order valence-electron chi connectivity index (χ1n) is 10.7. The summed E-state index contributed by atoms with van der Waals surface area (Å²) in [7, 11) is 0. The van der Waals surface area contributed by atoms with E-state index in [9.17, 15) is 24.2 Å². The van der Waals surface area contributed by atoms with Gasteiger partial charge in [-0.25, -0.2) is 4.39 Å². The van der Waals surface area contributed by atoms with Gasteiger partial charge < -0.3 is 20.4 Å². The van der Waals surface area contributed by atoms with Gasteiger partial charge >= 0.3 is 0 Å². The molecule has 0 radical (unpaired) electrons. The number of hydrogen-bond donors (Lipinski definition) is 3. The monoisotopic (exact) mass is 457 g/mol. The van der Waals surface area contributed by atoms with Crippen LogP contribution in [-0.4, -0.2) is 31.9 Å². The summed E-state index contributed by atoms with van der Waals surface area (Å²) in [5, 5.41) is 24.1. The van der Waals surface area contributed by atoms with E-state index in [0.29, 0.717) is 16.5 Å². The Labute approximate surface area is 194 Å². The van der Waals surface area contributed by atoms with Gasteiger partial charge in [0.25, 0.3) is 11.8 Å². The first-order valence-corrected chi connectivity index (χ1v) is 10.7. The Bertz CT molecular complexity index is 1440. The Balaban J connectivity index is 1.53. The number of carbonyl (C=O) groups is 2. The summed E-state index contributed by atoms with van der Waals surface area (Å²) in [6.07, 6.45) is 1.48. The van der Waals surface area contributed by atoms with E-state index < -0.39 is 11.8 Å². The predicted octanol–water partition coefficient (Wildman–Crippen LogP) is 3.87. The smallest absolute Gasteiger partial charge is 0.258 e. The number of nitrogens with zero attached hydrogens (tertiary/aromatic N) is 2. The summed E-state index contributed by atoms with van der Waals surface area (Å²) in [6, 6.07) is 15.8. The Kier molecular flexibility index (Phi) is 5.33. The molecule has 3 N–H and O–H groups in total. The lowest BCUT2D eigenvalue weighted by Gasteiger charge is -2.16. The number of phenolic OH excluding ortho intramolecular Hbond substituents is 2. The van der Waals surface area contributed by atoms with Gasteiger partial charge in [0.05, 0.1) is 11.1 Å². The van der Waals surface area contributed by atoms with Crippen molar-refractivity contribution in [3.05, 3.63) is 100 Å². The number of halogens is 1. The fourth-order valence-corrected chi connectivity index (χ4v) is 4.28. The minimum atomic E-state index is -0.450. The lowest BCUT2D eigenvalue weighted by atomic mass is 9.96. The highest BCUT2D eigenvalue weighted by Gasteiger charge is 2.36. The number of aromatic nitrogens is 1. The van der Waals surface area contributed by atoms with Gasteiger partial charge in [-0.05, 0) is 29.8 Å². The second kappa shape index (κ2) is 8.47. The maximum atomic E-state index is 13.3. The van der Waals surface area contributed by atoms with Gasteiger partial charge in [-0.1, -0.05) is 36.4 Å². The zero-order valence-corrected chi connectivity index (χ0v) is 18.0. The molecular weight excluding hydrogens is 437 g/mol. The predicted molar refractivity (Wildman–Crippen MR) is 123 cm³/mol. The van der Waals surface area contributed by atoms with E-state index in [1.165, 1.54) is 29.3 Å². The van der Waals surface area contributed by atoms with Crippen molar-refractivity contribution in [3.63, 3.8) is 0 Å². The molecule has 8 heteroatoms. The maximum Gasteiger partial charge on any atom is 0.258 e. The van der Waals surface area contributed by atoms with Crippen LogP contribution >= 0.6 is 0 Å². The first-order chi connectivity index (χ1) is 16.4. The van der Waals surface area contributed by atoms with Crippen molar-refractivity contribution in [2.45, 2.75) is 19.6 Å². The van der Waals surface area contributed by atoms with E-state index in [1.54, 1.807) is 42.5 Å². The van der Waals surface area contributed by atoms with Gasteiger partial charge in [0.1, 0.15) is 17.1 Å². The van der Waals surface area contributed by atoms with Crippen molar-refractivity contribution in [2.24, 2.45) is 0 Å². The molecule has 3 aromatic carbocycles. The Morgan fingerprint density at radius 2 is 1.82 bits per heavy atom. The zero-order chi connectivity index (χ0) is 23.8. The third-order valence-corrected chi connectivity index (χ3v) is 5.94. The molecule has 0 fully saturated rings. The molecule has 0 unspecified atom stereocenters. The SMILES string of the molecule is O=C(NCc1ccccc1O)c1c2c(c(O)c3ncccc13)C(=O)N(Cc1ccc(F)cc1)C2. The number of carbonyl (C=O) groups excluding carboxylic acids is 2. The van der Waals surface area contributed by atoms with E-state index in [-0.39, 0.29) is 53.6 Å². The molecule has 1 aromatic heterocycles. The van der Waals surface area contributed by atoms with Crippen LogP contribution in [0.1, 0.15) is 37.4 Å². The Morgan fingerprint density at radius 3 is 2.59 bits per heavy atom. The summed E-state index contributed by atoms with van der Waals surface area (Å²) in [5.74, 6) is -1.47. The lowest BCUT2D eigenvalue weighted by molar-refractivity contribution is 0.0763. The summed E-state index contributed by atoms with van der Waals surface area (Å²) in [5.41, 5.74) is 2.12. The van der Waals surface area contributed by atoms with E-state index >= 15 is 0 Å². The lowest BCUT2D eigenvalue weighted by Crippen LogP contribution is -2.25. The topological polar surface area (TPSA) is 103 Å². The molecule has 1 aliphatic rings. The van der Waals surface area contributed by atoms with Gasteiger partial charge in [-0.2, -0.15) is 0 Å². The minimum Gasteiger partial charge on any atom is -0.508 e. The average molecular weight is 457 g/mol. The molecule has 2 amide bonds. The molecule has 170 valence electrons. The van der Waals surface area contributed by atoms with Crippen molar-refractivity contribution < 1.29 is 24.2 Å². The summed E-state index contributed by atoms with van der Waals surface area (Å²) in [6.45, 7) is 0.370. The quantitative estimate of drug-likeness (QED) is 0.422. The van der Waals surface area contributed by atoms with E-state index in [2.05, 4.69) is 10.3 Å². The third-order valence-electron chi connectivity index (χ3n) is 5.94. The average Bonchev–Trinajstić information content (AvgIpc) is 3.16. The summed E-state index contributed by atoms with van der Waals surface area (Å²) < 4.78 is 13.3. The second-order valence-electron chi connectivity index (χ2n) is 8.08. The number of fused-ring (bicyclic) bond motifs is 2. The van der Waals surface area contributed by atoms with Crippen molar-refractivity contribution in [3.8, 4) is 11.5 Å². The van der Waals surface area contributed by atoms with Crippen molar-refractivity contribution >= 4 is 22.7 Å². The standard InChI is InChI=1S/C26H20FN3O4/c27-17-9-7-15(8-10-17)13-30-14-19-21(25(33)29-12-16-4-1-2-6-20(16)31)18-5-3-11-28-23(18)24(32)22(19)26(30)34/h1-11,31-32H,12-14H2,(H,29,33). The highest BCUT2D eigenvalue weighted by atomic mass is 19.1. The number of hydrogen-bond acceptors (Lipinski definition) is 5. The van der Waals surface area contributed by atoms with Crippen LogP contribution in [0.4, 0.5) is 4.39 Å². The van der Waals surface area contributed by atoms with Crippen LogP contribution in [0, 0.1) is 5.82 Å². The first kappa shape index (κ1) is 21.4. The van der Waals surface area contributed by atoms with Crippen molar-refractivity contribution in [2.75, 3.05) is 0 Å². The Hall–Kier alpha value is -4.46. The molecule has 1 aliphatic heterocycles. The highest BCUT2D eigenvalue weighted by Crippen LogP contribution is 2.40. The fraction of sp³-hybridized carbons (Fsp3) is 0.115. The molecule has 0 bridgehead atoms. The largest absolute Gasteiger partial charge is 0.508 e. The molecule has 0 saturated heterocycles. The molecule has 7 nitrogen and oxygen atoms in total. The highest BCUT2D eigenvalue weighted by molar-refractivity contribution is 6.15. The number of phenols is 2. The minimum absolute atomic E-state index is 0.0426. The van der Waals surface area contributed by atoms with Crippen LogP contribution in [0.25, 0.3) is 10.9 Å². The molecule has 0 saturated carbocycles. The van der Waals surface area contributed by atoms with Gasteiger partial charge in [0.2, 0.25) is 0 Å². The second-order valence-corrected chi connectivity index (χ2v) is 8.08. The summed E-state index contributed by atoms with van der Waals surface area (Å²) in [4.78, 5) is 32.3. The molecule has 0 spiro atoms.